The number of benzene rings is 4. The molecule has 1 nitrogen and oxygen atoms in total. The number of rotatable bonds is 2. The summed E-state index contributed by atoms with van der Waals surface area (Å²) in [6, 6.07) is 30.5. The molecule has 2 aliphatic rings. The second-order valence-corrected chi connectivity index (χ2v) is 9.64. The molecule has 0 fully saturated rings. The predicted octanol–water partition coefficient (Wildman–Crippen LogP) is 7.11. The first kappa shape index (κ1) is 19.6. The highest BCUT2D eigenvalue weighted by atomic mass is 35.5. The lowest BCUT2D eigenvalue weighted by Crippen LogP contribution is -2.35. The van der Waals surface area contributed by atoms with Crippen LogP contribution in [0.25, 0.3) is 44.6 Å². The van der Waals surface area contributed by atoms with Crippen LogP contribution >= 0.6 is 11.6 Å². The van der Waals surface area contributed by atoms with Gasteiger partial charge in [0.25, 0.3) is 0 Å². The van der Waals surface area contributed by atoms with Gasteiger partial charge in [0.2, 0.25) is 0 Å². The Labute approximate surface area is 203 Å². The smallest absolute Gasteiger partial charge is 0.0465 e. The average Bonchev–Trinajstić information content (AvgIpc) is 3.25. The molecular formula is C32H22ClN. The molecule has 2 heteroatoms. The van der Waals surface area contributed by atoms with Crippen LogP contribution in [0.1, 0.15) is 11.5 Å². The van der Waals surface area contributed by atoms with Crippen molar-refractivity contribution in [1.82, 2.24) is 4.98 Å². The summed E-state index contributed by atoms with van der Waals surface area (Å²) in [6.07, 6.45) is 11.4. The molecule has 0 spiro atoms. The van der Waals surface area contributed by atoms with E-state index in [-0.39, 0.29) is 0 Å². The molecule has 5 aromatic rings. The van der Waals surface area contributed by atoms with Gasteiger partial charge in [-0.1, -0.05) is 96.6 Å². The highest BCUT2D eigenvalue weighted by Crippen LogP contribution is 2.38. The maximum atomic E-state index is 6.30. The van der Waals surface area contributed by atoms with E-state index in [1.54, 1.807) is 0 Å². The zero-order valence-corrected chi connectivity index (χ0v) is 19.3. The lowest BCUT2D eigenvalue weighted by Gasteiger charge is -2.29. The summed E-state index contributed by atoms with van der Waals surface area (Å²) >= 11 is 6.30. The molecule has 34 heavy (non-hydrogen) atoms. The number of hydrogen-bond acceptors (Lipinski definition) is 0. The first-order chi connectivity index (χ1) is 16.7. The SMILES string of the molecule is Clc1ccc2[nH]c3ccc(-c4cccc(C5C=c6ccccc6=C6C=CC=CC65)c4)cc3c2c1. The van der Waals surface area contributed by atoms with Crippen molar-refractivity contribution in [3.63, 3.8) is 0 Å². The standard InChI is InChI=1S/C32H22ClN/c33-24-13-15-32-30(19-24)29-17-21(12-14-31(29)34-32)20-7-5-8-22(16-20)28-18-23-6-1-2-9-25(23)26-10-3-4-11-27(26)28/h1-19,27-28,34H. The van der Waals surface area contributed by atoms with Crippen LogP contribution in [0, 0.1) is 5.92 Å². The van der Waals surface area contributed by atoms with E-state index in [0.29, 0.717) is 11.8 Å². The number of allylic oxidation sites excluding steroid dienone is 4. The highest BCUT2D eigenvalue weighted by molar-refractivity contribution is 6.31. The number of aromatic nitrogens is 1. The summed E-state index contributed by atoms with van der Waals surface area (Å²) in [4.78, 5) is 3.51. The molecular weight excluding hydrogens is 434 g/mol. The fourth-order valence-electron chi connectivity index (χ4n) is 5.62. The van der Waals surface area contributed by atoms with E-state index in [1.165, 1.54) is 38.1 Å². The van der Waals surface area contributed by atoms with Crippen molar-refractivity contribution < 1.29 is 0 Å². The van der Waals surface area contributed by atoms with Crippen LogP contribution in [0.5, 0.6) is 0 Å². The van der Waals surface area contributed by atoms with Gasteiger partial charge in [-0.15, -0.1) is 0 Å². The van der Waals surface area contributed by atoms with Crippen LogP contribution in [0.2, 0.25) is 5.02 Å². The van der Waals surface area contributed by atoms with E-state index in [2.05, 4.69) is 108 Å². The molecule has 1 heterocycles. The zero-order chi connectivity index (χ0) is 22.6. The number of halogens is 1. The van der Waals surface area contributed by atoms with Gasteiger partial charge in [0, 0.05) is 38.7 Å². The number of hydrogen-bond donors (Lipinski definition) is 1. The summed E-state index contributed by atoms with van der Waals surface area (Å²) < 4.78 is 0. The molecule has 1 N–H and O–H groups in total. The van der Waals surface area contributed by atoms with Crippen LogP contribution in [0.15, 0.2) is 109 Å². The summed E-state index contributed by atoms with van der Waals surface area (Å²) in [6.45, 7) is 0. The van der Waals surface area contributed by atoms with Crippen molar-refractivity contribution in [3.05, 3.63) is 130 Å². The van der Waals surface area contributed by atoms with Crippen molar-refractivity contribution in [2.45, 2.75) is 5.92 Å². The largest absolute Gasteiger partial charge is 0.355 e. The number of fused-ring (bicyclic) bond motifs is 5. The molecule has 162 valence electrons. The van der Waals surface area contributed by atoms with Gasteiger partial charge in [-0.3, -0.25) is 0 Å². The Morgan fingerprint density at radius 3 is 2.44 bits per heavy atom. The third-order valence-corrected chi connectivity index (χ3v) is 7.48. The van der Waals surface area contributed by atoms with E-state index >= 15 is 0 Å². The minimum absolute atomic E-state index is 0.307. The molecule has 4 aromatic carbocycles. The van der Waals surface area contributed by atoms with Gasteiger partial charge >= 0.3 is 0 Å². The summed E-state index contributed by atoms with van der Waals surface area (Å²) in [5.74, 6) is 0.662. The Bertz CT molecular complexity index is 1780. The minimum Gasteiger partial charge on any atom is -0.355 e. The van der Waals surface area contributed by atoms with Gasteiger partial charge in [-0.05, 0) is 63.0 Å². The molecule has 2 unspecified atom stereocenters. The second kappa shape index (κ2) is 7.62. The topological polar surface area (TPSA) is 15.8 Å². The van der Waals surface area contributed by atoms with Gasteiger partial charge in [0.15, 0.2) is 0 Å². The molecule has 0 radical (unpaired) electrons. The number of aromatic amines is 1. The summed E-state index contributed by atoms with van der Waals surface area (Å²) in [5.41, 5.74) is 7.45. The number of H-pyrrole nitrogens is 1. The molecule has 0 bridgehead atoms. The van der Waals surface area contributed by atoms with Crippen LogP contribution in [0.4, 0.5) is 0 Å². The third kappa shape index (κ3) is 3.09. The van der Waals surface area contributed by atoms with E-state index in [9.17, 15) is 0 Å². The normalized spacial score (nSPS) is 18.7. The van der Waals surface area contributed by atoms with Crippen LogP contribution < -0.4 is 10.4 Å². The van der Waals surface area contributed by atoms with Crippen LogP contribution in [0.3, 0.4) is 0 Å². The van der Waals surface area contributed by atoms with Gasteiger partial charge < -0.3 is 4.98 Å². The fraction of sp³-hybridized carbons (Fsp3) is 0.0625. The molecule has 0 saturated carbocycles. The van der Waals surface area contributed by atoms with Crippen molar-refractivity contribution >= 4 is 45.1 Å². The van der Waals surface area contributed by atoms with Crippen LogP contribution in [-0.4, -0.2) is 4.98 Å². The molecule has 7 rings (SSSR count). The zero-order valence-electron chi connectivity index (χ0n) is 18.5. The van der Waals surface area contributed by atoms with Gasteiger partial charge in [-0.25, -0.2) is 0 Å². The molecule has 2 aliphatic carbocycles. The summed E-state index contributed by atoms with van der Waals surface area (Å²) in [7, 11) is 0. The van der Waals surface area contributed by atoms with Gasteiger partial charge in [-0.2, -0.15) is 0 Å². The van der Waals surface area contributed by atoms with Gasteiger partial charge in [0.1, 0.15) is 0 Å². The second-order valence-electron chi connectivity index (χ2n) is 9.21. The van der Waals surface area contributed by atoms with Crippen molar-refractivity contribution in [2.75, 3.05) is 0 Å². The van der Waals surface area contributed by atoms with Gasteiger partial charge in [0.05, 0.1) is 0 Å². The molecule has 0 aliphatic heterocycles. The molecule has 0 amide bonds. The van der Waals surface area contributed by atoms with Crippen molar-refractivity contribution in [2.24, 2.45) is 5.92 Å². The highest BCUT2D eigenvalue weighted by Gasteiger charge is 2.26. The molecule has 2 atom stereocenters. The first-order valence-electron chi connectivity index (χ1n) is 11.7. The summed E-state index contributed by atoms with van der Waals surface area (Å²) in [5, 5.41) is 5.80. The monoisotopic (exact) mass is 455 g/mol. The first-order valence-corrected chi connectivity index (χ1v) is 12.1. The Morgan fingerprint density at radius 2 is 1.50 bits per heavy atom. The minimum atomic E-state index is 0.307. The molecule has 0 saturated heterocycles. The van der Waals surface area contributed by atoms with E-state index in [4.69, 9.17) is 11.6 Å². The lowest BCUT2D eigenvalue weighted by atomic mass is 9.75. The van der Waals surface area contributed by atoms with Crippen LogP contribution in [-0.2, 0) is 0 Å². The fourth-order valence-corrected chi connectivity index (χ4v) is 5.79. The lowest BCUT2D eigenvalue weighted by molar-refractivity contribution is 0.742. The quantitative estimate of drug-likeness (QED) is 0.292. The maximum absolute atomic E-state index is 6.30. The van der Waals surface area contributed by atoms with E-state index in [0.717, 1.165) is 21.4 Å². The van der Waals surface area contributed by atoms with E-state index in [1.807, 2.05) is 12.1 Å². The Morgan fingerprint density at radius 1 is 0.676 bits per heavy atom. The third-order valence-electron chi connectivity index (χ3n) is 7.25. The number of nitrogens with one attached hydrogen (secondary N) is 1. The van der Waals surface area contributed by atoms with Crippen molar-refractivity contribution in [3.8, 4) is 11.1 Å². The Hall–Kier alpha value is -3.81. The van der Waals surface area contributed by atoms with Crippen molar-refractivity contribution in [1.29, 1.82) is 0 Å². The van der Waals surface area contributed by atoms with E-state index < -0.39 is 0 Å². The maximum Gasteiger partial charge on any atom is 0.0465 e. The molecule has 1 aromatic heterocycles. The Balaban J connectivity index is 1.36. The predicted molar refractivity (Wildman–Crippen MR) is 144 cm³/mol. The Kier molecular flexibility index (Phi) is 4.40. The average molecular weight is 456 g/mol.